The Morgan fingerprint density at radius 1 is 1.10 bits per heavy atom. The first-order chi connectivity index (χ1) is 10.3. The second-order valence-corrected chi connectivity index (χ2v) is 4.93. The summed E-state index contributed by atoms with van der Waals surface area (Å²) >= 11 is 0. The molecule has 2 aromatic carbocycles. The number of benzene rings is 2. The lowest BCUT2D eigenvalue weighted by Crippen LogP contribution is -2.39. The molecule has 4 nitrogen and oxygen atoms in total. The monoisotopic (exact) mass is 282 g/mol. The van der Waals surface area contributed by atoms with Crippen molar-refractivity contribution in [3.05, 3.63) is 60.2 Å². The summed E-state index contributed by atoms with van der Waals surface area (Å²) in [4.78, 5) is 14.2. The van der Waals surface area contributed by atoms with E-state index in [4.69, 9.17) is 4.74 Å². The van der Waals surface area contributed by atoms with E-state index in [1.54, 1.807) is 0 Å². The third-order valence-corrected chi connectivity index (χ3v) is 3.53. The lowest BCUT2D eigenvalue weighted by molar-refractivity contribution is 0.0954. The van der Waals surface area contributed by atoms with Crippen molar-refractivity contribution in [1.29, 1.82) is 0 Å². The van der Waals surface area contributed by atoms with E-state index < -0.39 is 0 Å². The summed E-state index contributed by atoms with van der Waals surface area (Å²) in [6.45, 7) is 2.92. The molecule has 0 unspecified atom stereocenters. The summed E-state index contributed by atoms with van der Waals surface area (Å²) in [5.41, 5.74) is 1.79. The van der Waals surface area contributed by atoms with Crippen LogP contribution in [0.5, 0.6) is 5.75 Å². The Hall–Kier alpha value is -2.49. The number of para-hydroxylation sites is 2. The number of hydrogen-bond acceptors (Lipinski definition) is 3. The topological polar surface area (TPSA) is 41.6 Å². The number of fused-ring (bicyclic) bond motifs is 1. The highest BCUT2D eigenvalue weighted by Crippen LogP contribution is 2.30. The molecule has 0 aliphatic carbocycles. The maximum atomic E-state index is 12.0. The van der Waals surface area contributed by atoms with Crippen LogP contribution in [-0.2, 0) is 0 Å². The molecule has 0 bridgehead atoms. The molecule has 0 aromatic heterocycles. The van der Waals surface area contributed by atoms with Gasteiger partial charge in [0.1, 0.15) is 12.4 Å². The van der Waals surface area contributed by atoms with Crippen molar-refractivity contribution in [3.8, 4) is 5.75 Å². The minimum absolute atomic E-state index is 0.0304. The highest BCUT2D eigenvalue weighted by atomic mass is 16.5. The molecule has 0 fully saturated rings. The van der Waals surface area contributed by atoms with E-state index in [2.05, 4.69) is 10.2 Å². The Bertz CT molecular complexity index is 613. The van der Waals surface area contributed by atoms with Gasteiger partial charge in [-0.2, -0.15) is 0 Å². The first-order valence-electron chi connectivity index (χ1n) is 7.14. The third kappa shape index (κ3) is 3.16. The second-order valence-electron chi connectivity index (χ2n) is 4.93. The van der Waals surface area contributed by atoms with Crippen LogP contribution in [0.1, 0.15) is 10.4 Å². The standard InChI is InChI=1S/C17H18N2O2/c20-17(14-6-2-1-3-7-14)18-10-11-19-12-13-21-16-9-5-4-8-15(16)19/h1-9H,10-13H2,(H,18,20). The average Bonchev–Trinajstić information content (AvgIpc) is 2.56. The van der Waals surface area contributed by atoms with Gasteiger partial charge in [-0.25, -0.2) is 0 Å². The van der Waals surface area contributed by atoms with Gasteiger partial charge in [-0.05, 0) is 24.3 Å². The number of nitrogens with zero attached hydrogens (tertiary/aromatic N) is 1. The summed E-state index contributed by atoms with van der Waals surface area (Å²) in [7, 11) is 0. The van der Waals surface area contributed by atoms with Crippen LogP contribution < -0.4 is 15.0 Å². The predicted octanol–water partition coefficient (Wildman–Crippen LogP) is 2.32. The van der Waals surface area contributed by atoms with Gasteiger partial charge in [0.05, 0.1) is 12.2 Å². The molecular formula is C17H18N2O2. The fourth-order valence-electron chi connectivity index (χ4n) is 2.45. The highest BCUT2D eigenvalue weighted by Gasteiger charge is 2.16. The summed E-state index contributed by atoms with van der Waals surface area (Å²) in [5.74, 6) is 0.885. The summed E-state index contributed by atoms with van der Waals surface area (Å²) in [6, 6.07) is 17.3. The Labute approximate surface area is 124 Å². The van der Waals surface area contributed by atoms with E-state index >= 15 is 0 Å². The molecule has 1 heterocycles. The molecule has 1 aliphatic heterocycles. The zero-order valence-electron chi connectivity index (χ0n) is 11.8. The number of hydrogen-bond donors (Lipinski definition) is 1. The third-order valence-electron chi connectivity index (χ3n) is 3.53. The highest BCUT2D eigenvalue weighted by molar-refractivity contribution is 5.94. The molecule has 0 saturated carbocycles. The molecule has 3 rings (SSSR count). The van der Waals surface area contributed by atoms with Crippen molar-refractivity contribution in [1.82, 2.24) is 5.32 Å². The molecule has 1 aliphatic rings. The number of ether oxygens (including phenoxy) is 1. The van der Waals surface area contributed by atoms with E-state index in [0.717, 1.165) is 24.5 Å². The first kappa shape index (κ1) is 13.5. The van der Waals surface area contributed by atoms with Gasteiger partial charge in [-0.1, -0.05) is 30.3 Å². The Morgan fingerprint density at radius 2 is 1.86 bits per heavy atom. The number of carbonyl (C=O) groups excluding carboxylic acids is 1. The molecule has 0 saturated heterocycles. The summed E-state index contributed by atoms with van der Waals surface area (Å²) in [5, 5.41) is 2.96. The Kier molecular flexibility index (Phi) is 4.05. The molecule has 1 N–H and O–H groups in total. The number of nitrogens with one attached hydrogen (secondary N) is 1. The Morgan fingerprint density at radius 3 is 2.71 bits per heavy atom. The average molecular weight is 282 g/mol. The van der Waals surface area contributed by atoms with Gasteiger partial charge in [0.15, 0.2) is 0 Å². The van der Waals surface area contributed by atoms with E-state index in [0.29, 0.717) is 18.7 Å². The van der Waals surface area contributed by atoms with E-state index in [-0.39, 0.29) is 5.91 Å². The number of anilines is 1. The van der Waals surface area contributed by atoms with Gasteiger partial charge >= 0.3 is 0 Å². The smallest absolute Gasteiger partial charge is 0.251 e. The van der Waals surface area contributed by atoms with Crippen LogP contribution >= 0.6 is 0 Å². The zero-order valence-corrected chi connectivity index (χ0v) is 11.8. The quantitative estimate of drug-likeness (QED) is 0.935. The van der Waals surface area contributed by atoms with Gasteiger partial charge < -0.3 is 15.0 Å². The van der Waals surface area contributed by atoms with Crippen LogP contribution in [0.15, 0.2) is 54.6 Å². The van der Waals surface area contributed by atoms with Gasteiger partial charge in [0.25, 0.3) is 5.91 Å². The van der Waals surface area contributed by atoms with Crippen LogP contribution in [0.4, 0.5) is 5.69 Å². The van der Waals surface area contributed by atoms with Crippen molar-refractivity contribution in [3.63, 3.8) is 0 Å². The minimum atomic E-state index is -0.0304. The van der Waals surface area contributed by atoms with Gasteiger partial charge in [-0.3, -0.25) is 4.79 Å². The molecule has 21 heavy (non-hydrogen) atoms. The molecule has 2 aromatic rings. The predicted molar refractivity (Wildman–Crippen MR) is 82.9 cm³/mol. The van der Waals surface area contributed by atoms with Gasteiger partial charge in [0.2, 0.25) is 0 Å². The fourth-order valence-corrected chi connectivity index (χ4v) is 2.45. The second kappa shape index (κ2) is 6.31. The van der Waals surface area contributed by atoms with E-state index in [1.807, 2.05) is 54.6 Å². The van der Waals surface area contributed by atoms with Crippen molar-refractivity contribution >= 4 is 11.6 Å². The van der Waals surface area contributed by atoms with Crippen LogP contribution in [0, 0.1) is 0 Å². The summed E-state index contributed by atoms with van der Waals surface area (Å²) in [6.07, 6.45) is 0. The molecule has 4 heteroatoms. The van der Waals surface area contributed by atoms with Crippen molar-refractivity contribution < 1.29 is 9.53 Å². The van der Waals surface area contributed by atoms with E-state index in [9.17, 15) is 4.79 Å². The largest absolute Gasteiger partial charge is 0.490 e. The van der Waals surface area contributed by atoms with Gasteiger partial charge in [0, 0.05) is 18.7 Å². The lowest BCUT2D eigenvalue weighted by atomic mass is 10.2. The lowest BCUT2D eigenvalue weighted by Gasteiger charge is -2.31. The maximum Gasteiger partial charge on any atom is 0.251 e. The molecule has 0 radical (unpaired) electrons. The van der Waals surface area contributed by atoms with Crippen LogP contribution in [-0.4, -0.2) is 32.1 Å². The van der Waals surface area contributed by atoms with Crippen molar-refractivity contribution in [2.45, 2.75) is 0 Å². The minimum Gasteiger partial charge on any atom is -0.490 e. The molecule has 108 valence electrons. The van der Waals surface area contributed by atoms with Crippen LogP contribution in [0.2, 0.25) is 0 Å². The fraction of sp³-hybridized carbons (Fsp3) is 0.235. The number of rotatable bonds is 4. The molecule has 1 amide bonds. The summed E-state index contributed by atoms with van der Waals surface area (Å²) < 4.78 is 5.62. The molecule has 0 spiro atoms. The number of carbonyl (C=O) groups is 1. The van der Waals surface area contributed by atoms with Crippen LogP contribution in [0.25, 0.3) is 0 Å². The zero-order chi connectivity index (χ0) is 14.5. The van der Waals surface area contributed by atoms with Gasteiger partial charge in [-0.15, -0.1) is 0 Å². The van der Waals surface area contributed by atoms with E-state index in [1.165, 1.54) is 0 Å². The molecule has 0 atom stereocenters. The molecular weight excluding hydrogens is 264 g/mol. The van der Waals surface area contributed by atoms with Crippen molar-refractivity contribution in [2.75, 3.05) is 31.1 Å². The SMILES string of the molecule is O=C(NCCN1CCOc2ccccc21)c1ccccc1. The van der Waals surface area contributed by atoms with Crippen molar-refractivity contribution in [2.24, 2.45) is 0 Å². The number of amides is 1. The maximum absolute atomic E-state index is 12.0. The normalized spacial score (nSPS) is 13.2. The van der Waals surface area contributed by atoms with Crippen LogP contribution in [0.3, 0.4) is 0 Å². The first-order valence-corrected chi connectivity index (χ1v) is 7.14. The Balaban J connectivity index is 1.56.